The Kier molecular flexibility index (Phi) is 4.25. The maximum Gasteiger partial charge on any atom is 0.394 e. The molecule has 0 fully saturated rings. The Balaban J connectivity index is 2.55. The lowest BCUT2D eigenvalue weighted by molar-refractivity contribution is 0.0368. The molecule has 0 aliphatic carbocycles. The lowest BCUT2D eigenvalue weighted by Crippen LogP contribution is -2.20. The van der Waals surface area contributed by atoms with E-state index in [-0.39, 0.29) is 0 Å². The van der Waals surface area contributed by atoms with Gasteiger partial charge in [0.2, 0.25) is 0 Å². The zero-order valence-electron chi connectivity index (χ0n) is 9.14. The van der Waals surface area contributed by atoms with Gasteiger partial charge in [0, 0.05) is 0 Å². The average Bonchev–Trinajstić information content (AvgIpc) is 2.19. The van der Waals surface area contributed by atoms with E-state index in [1.807, 2.05) is 0 Å². The van der Waals surface area contributed by atoms with Crippen LogP contribution in [0.15, 0.2) is 24.3 Å². The Hall–Kier alpha value is -0.970. The molecular formula is C10H13F2O4P. The molecule has 0 spiro atoms. The van der Waals surface area contributed by atoms with Crippen molar-refractivity contribution in [2.45, 2.75) is 19.0 Å². The zero-order chi connectivity index (χ0) is 13.1. The van der Waals surface area contributed by atoms with Crippen molar-refractivity contribution in [2.24, 2.45) is 0 Å². The van der Waals surface area contributed by atoms with E-state index >= 15 is 0 Å². The summed E-state index contributed by atoms with van der Waals surface area (Å²) in [6, 6.07) is 6.80. The predicted octanol–water partition coefficient (Wildman–Crippen LogP) is 2.53. The monoisotopic (exact) mass is 266 g/mol. The van der Waals surface area contributed by atoms with Gasteiger partial charge in [0.05, 0.1) is 13.0 Å². The van der Waals surface area contributed by atoms with Crippen molar-refractivity contribution in [1.29, 1.82) is 0 Å². The minimum atomic E-state index is -5.42. The first-order chi connectivity index (χ1) is 7.74. The molecule has 7 heteroatoms. The van der Waals surface area contributed by atoms with Crippen molar-refractivity contribution in [3.8, 4) is 5.75 Å². The van der Waals surface area contributed by atoms with Crippen molar-refractivity contribution in [3.63, 3.8) is 0 Å². The zero-order valence-corrected chi connectivity index (χ0v) is 10.0. The molecule has 0 amide bonds. The van der Waals surface area contributed by atoms with Gasteiger partial charge in [-0.15, -0.1) is 0 Å². The van der Waals surface area contributed by atoms with E-state index < -0.39 is 26.3 Å². The quantitative estimate of drug-likeness (QED) is 0.804. The van der Waals surface area contributed by atoms with Crippen molar-refractivity contribution in [3.05, 3.63) is 29.8 Å². The predicted molar refractivity (Wildman–Crippen MR) is 58.3 cm³/mol. The fourth-order valence-corrected chi connectivity index (χ4v) is 1.53. The second kappa shape index (κ2) is 5.12. The molecule has 0 aliphatic heterocycles. The standard InChI is InChI=1S/C10H13F2O4P/c1-8-4-2-3-5-9(8)16-7-6-10(11,12)17(13,14)15/h2-5H,6-7H2,1H3,(H2,13,14,15). The number of benzene rings is 1. The molecule has 0 aliphatic rings. The molecule has 0 bridgehead atoms. The third kappa shape index (κ3) is 3.77. The molecule has 0 saturated heterocycles. The van der Waals surface area contributed by atoms with Crippen molar-refractivity contribution in [2.75, 3.05) is 6.61 Å². The molecule has 17 heavy (non-hydrogen) atoms. The first-order valence-corrected chi connectivity index (χ1v) is 6.47. The summed E-state index contributed by atoms with van der Waals surface area (Å²) in [4.78, 5) is 16.8. The molecule has 0 atom stereocenters. The minimum Gasteiger partial charge on any atom is -0.493 e. The summed E-state index contributed by atoms with van der Waals surface area (Å²) in [5.41, 5.74) is -3.28. The highest BCUT2D eigenvalue weighted by Gasteiger charge is 2.48. The smallest absolute Gasteiger partial charge is 0.394 e. The van der Waals surface area contributed by atoms with E-state index in [1.54, 1.807) is 31.2 Å². The highest BCUT2D eigenvalue weighted by Crippen LogP contribution is 2.54. The number of halogens is 2. The molecule has 96 valence electrons. The van der Waals surface area contributed by atoms with Gasteiger partial charge >= 0.3 is 13.3 Å². The minimum absolute atomic E-state index is 0.425. The molecule has 0 heterocycles. The SMILES string of the molecule is Cc1ccccc1OCCC(F)(F)P(=O)(O)O. The summed E-state index contributed by atoms with van der Waals surface area (Å²) in [6.07, 6.45) is -1.02. The van der Waals surface area contributed by atoms with E-state index in [4.69, 9.17) is 14.5 Å². The fraction of sp³-hybridized carbons (Fsp3) is 0.400. The van der Waals surface area contributed by atoms with Gasteiger partial charge < -0.3 is 14.5 Å². The summed E-state index contributed by atoms with van der Waals surface area (Å²) in [7, 11) is -5.42. The third-order valence-corrected chi connectivity index (χ3v) is 3.26. The average molecular weight is 266 g/mol. The molecule has 1 rings (SSSR count). The summed E-state index contributed by atoms with van der Waals surface area (Å²) >= 11 is 0. The van der Waals surface area contributed by atoms with Gasteiger partial charge in [-0.05, 0) is 18.6 Å². The third-order valence-electron chi connectivity index (χ3n) is 2.18. The van der Waals surface area contributed by atoms with Crippen LogP contribution < -0.4 is 4.74 Å². The van der Waals surface area contributed by atoms with Gasteiger partial charge in [-0.25, -0.2) is 0 Å². The first kappa shape index (κ1) is 14.1. The van der Waals surface area contributed by atoms with Crippen LogP contribution in [0.1, 0.15) is 12.0 Å². The van der Waals surface area contributed by atoms with Gasteiger partial charge in [-0.2, -0.15) is 8.78 Å². The Morgan fingerprint density at radius 3 is 2.47 bits per heavy atom. The number of rotatable bonds is 5. The summed E-state index contributed by atoms with van der Waals surface area (Å²) in [5, 5.41) is 0. The highest BCUT2D eigenvalue weighted by atomic mass is 31.2. The maximum absolute atomic E-state index is 12.9. The molecule has 0 unspecified atom stereocenters. The van der Waals surface area contributed by atoms with Crippen LogP contribution in [0.2, 0.25) is 0 Å². The molecule has 2 N–H and O–H groups in total. The van der Waals surface area contributed by atoms with Crippen molar-refractivity contribution < 1.29 is 27.9 Å². The van der Waals surface area contributed by atoms with Crippen molar-refractivity contribution in [1.82, 2.24) is 0 Å². The fourth-order valence-electron chi connectivity index (χ4n) is 1.15. The number of hydrogen-bond donors (Lipinski definition) is 2. The molecule has 0 radical (unpaired) electrons. The van der Waals surface area contributed by atoms with Gasteiger partial charge in [0.15, 0.2) is 0 Å². The van der Waals surface area contributed by atoms with Crippen LogP contribution in [0.25, 0.3) is 0 Å². The van der Waals surface area contributed by atoms with E-state index in [1.165, 1.54) is 0 Å². The summed E-state index contributed by atoms with van der Waals surface area (Å²) < 4.78 is 41.3. The van der Waals surface area contributed by atoms with Crippen LogP contribution >= 0.6 is 7.60 Å². The summed E-state index contributed by atoms with van der Waals surface area (Å²) in [5.74, 6) is 0.425. The molecule has 0 saturated carbocycles. The largest absolute Gasteiger partial charge is 0.493 e. The maximum atomic E-state index is 12.9. The highest BCUT2D eigenvalue weighted by molar-refractivity contribution is 7.53. The normalized spacial score (nSPS) is 12.5. The Morgan fingerprint density at radius 1 is 1.35 bits per heavy atom. The first-order valence-electron chi connectivity index (χ1n) is 4.86. The lowest BCUT2D eigenvalue weighted by atomic mass is 10.2. The van der Waals surface area contributed by atoms with Gasteiger partial charge in [-0.1, -0.05) is 18.2 Å². The Morgan fingerprint density at radius 2 is 1.94 bits per heavy atom. The van der Waals surface area contributed by atoms with Crippen LogP contribution in [0.5, 0.6) is 5.75 Å². The second-order valence-electron chi connectivity index (χ2n) is 3.57. The molecular weight excluding hydrogens is 253 g/mol. The van der Waals surface area contributed by atoms with Crippen LogP contribution in [-0.2, 0) is 4.57 Å². The number of ether oxygens (including phenoxy) is 1. The van der Waals surface area contributed by atoms with E-state index in [9.17, 15) is 13.3 Å². The number of para-hydroxylation sites is 1. The molecule has 1 aromatic carbocycles. The number of alkyl halides is 2. The Labute approximate surface area is 97.4 Å². The van der Waals surface area contributed by atoms with Gasteiger partial charge in [0.25, 0.3) is 0 Å². The second-order valence-corrected chi connectivity index (χ2v) is 5.32. The van der Waals surface area contributed by atoms with Crippen LogP contribution in [0, 0.1) is 6.92 Å². The van der Waals surface area contributed by atoms with E-state index in [2.05, 4.69) is 0 Å². The Bertz CT molecular complexity index is 430. The van der Waals surface area contributed by atoms with Crippen LogP contribution in [-0.4, -0.2) is 22.1 Å². The van der Waals surface area contributed by atoms with Gasteiger partial charge in [-0.3, -0.25) is 4.57 Å². The molecule has 4 nitrogen and oxygen atoms in total. The number of hydrogen-bond acceptors (Lipinski definition) is 2. The van der Waals surface area contributed by atoms with E-state index in [0.717, 1.165) is 5.56 Å². The molecule has 1 aromatic rings. The molecule has 0 aromatic heterocycles. The van der Waals surface area contributed by atoms with Crippen molar-refractivity contribution >= 4 is 7.60 Å². The van der Waals surface area contributed by atoms with Crippen LogP contribution in [0.3, 0.4) is 0 Å². The van der Waals surface area contributed by atoms with E-state index in [0.29, 0.717) is 5.75 Å². The lowest BCUT2D eigenvalue weighted by Gasteiger charge is -2.17. The number of aryl methyl sites for hydroxylation is 1. The van der Waals surface area contributed by atoms with Crippen LogP contribution in [0.4, 0.5) is 8.78 Å². The summed E-state index contributed by atoms with van der Waals surface area (Å²) in [6.45, 7) is 1.29. The topological polar surface area (TPSA) is 66.8 Å². The van der Waals surface area contributed by atoms with Gasteiger partial charge in [0.1, 0.15) is 5.75 Å².